The number of amides is 1. The number of carboxylic acids is 1. The van der Waals surface area contributed by atoms with Crippen LogP contribution in [0.25, 0.3) is 0 Å². The molecule has 0 bridgehead atoms. The fourth-order valence-corrected chi connectivity index (χ4v) is 1.93. The SMILES string of the molecule is CC1OCCC1CNC(=O)c1ccc(C(=O)O)o1. The second-order valence-corrected chi connectivity index (χ2v) is 4.30. The molecule has 1 aromatic heterocycles. The molecule has 0 aliphatic carbocycles. The van der Waals surface area contributed by atoms with Crippen LogP contribution in [0.1, 0.15) is 34.5 Å². The van der Waals surface area contributed by atoms with Gasteiger partial charge in [-0.15, -0.1) is 0 Å². The van der Waals surface area contributed by atoms with E-state index in [2.05, 4.69) is 5.32 Å². The molecule has 1 aliphatic rings. The highest BCUT2D eigenvalue weighted by molar-refractivity contribution is 5.93. The Balaban J connectivity index is 1.89. The summed E-state index contributed by atoms with van der Waals surface area (Å²) in [5, 5.41) is 11.4. The zero-order valence-corrected chi connectivity index (χ0v) is 10.0. The average Bonchev–Trinajstić information content (AvgIpc) is 2.94. The van der Waals surface area contributed by atoms with Crippen molar-refractivity contribution >= 4 is 11.9 Å². The molecule has 6 nitrogen and oxygen atoms in total. The van der Waals surface area contributed by atoms with Crippen molar-refractivity contribution < 1.29 is 23.8 Å². The zero-order valence-electron chi connectivity index (χ0n) is 10.0. The molecule has 0 saturated carbocycles. The highest BCUT2D eigenvalue weighted by Crippen LogP contribution is 2.19. The van der Waals surface area contributed by atoms with Gasteiger partial charge in [0.25, 0.3) is 5.91 Å². The van der Waals surface area contributed by atoms with Crippen molar-refractivity contribution in [2.75, 3.05) is 13.2 Å². The first-order valence-corrected chi connectivity index (χ1v) is 5.81. The van der Waals surface area contributed by atoms with E-state index in [0.29, 0.717) is 19.1 Å². The van der Waals surface area contributed by atoms with Crippen molar-refractivity contribution in [2.24, 2.45) is 5.92 Å². The number of ether oxygens (including phenoxy) is 1. The smallest absolute Gasteiger partial charge is 0.371 e. The molecule has 0 spiro atoms. The van der Waals surface area contributed by atoms with Gasteiger partial charge in [-0.05, 0) is 25.5 Å². The Kier molecular flexibility index (Phi) is 3.66. The van der Waals surface area contributed by atoms with Crippen LogP contribution >= 0.6 is 0 Å². The Labute approximate surface area is 104 Å². The first-order chi connectivity index (χ1) is 8.58. The lowest BCUT2D eigenvalue weighted by atomic mass is 10.0. The lowest BCUT2D eigenvalue weighted by Crippen LogP contribution is -2.31. The lowest BCUT2D eigenvalue weighted by Gasteiger charge is -2.13. The van der Waals surface area contributed by atoms with Crippen molar-refractivity contribution in [2.45, 2.75) is 19.4 Å². The zero-order chi connectivity index (χ0) is 13.1. The van der Waals surface area contributed by atoms with E-state index in [9.17, 15) is 9.59 Å². The maximum Gasteiger partial charge on any atom is 0.371 e. The second kappa shape index (κ2) is 5.22. The third-order valence-electron chi connectivity index (χ3n) is 3.10. The second-order valence-electron chi connectivity index (χ2n) is 4.30. The van der Waals surface area contributed by atoms with Gasteiger partial charge in [-0.1, -0.05) is 0 Å². The van der Waals surface area contributed by atoms with Crippen LogP contribution in [0.3, 0.4) is 0 Å². The number of nitrogens with one attached hydrogen (secondary N) is 1. The van der Waals surface area contributed by atoms with Gasteiger partial charge < -0.3 is 19.6 Å². The van der Waals surface area contributed by atoms with Crippen molar-refractivity contribution in [3.05, 3.63) is 23.7 Å². The third kappa shape index (κ3) is 2.70. The van der Waals surface area contributed by atoms with Gasteiger partial charge in [0.05, 0.1) is 6.10 Å². The largest absolute Gasteiger partial charge is 0.475 e. The minimum absolute atomic E-state index is 0.0129. The summed E-state index contributed by atoms with van der Waals surface area (Å²) in [5.41, 5.74) is 0. The third-order valence-corrected chi connectivity index (χ3v) is 3.10. The van der Waals surface area contributed by atoms with Crippen molar-refractivity contribution in [3.63, 3.8) is 0 Å². The van der Waals surface area contributed by atoms with Gasteiger partial charge in [0, 0.05) is 19.1 Å². The molecule has 0 aromatic carbocycles. The minimum atomic E-state index is -1.19. The van der Waals surface area contributed by atoms with E-state index in [0.717, 1.165) is 6.42 Å². The van der Waals surface area contributed by atoms with Gasteiger partial charge in [0.2, 0.25) is 5.76 Å². The van der Waals surface area contributed by atoms with Crippen LogP contribution in [0.5, 0.6) is 0 Å². The number of hydrogen-bond acceptors (Lipinski definition) is 4. The van der Waals surface area contributed by atoms with Crippen LogP contribution in [0.2, 0.25) is 0 Å². The Morgan fingerprint density at radius 3 is 2.72 bits per heavy atom. The number of carbonyl (C=O) groups excluding carboxylic acids is 1. The predicted molar refractivity (Wildman–Crippen MR) is 61.5 cm³/mol. The number of furan rings is 1. The van der Waals surface area contributed by atoms with Gasteiger partial charge in [-0.3, -0.25) is 4.79 Å². The molecule has 2 unspecified atom stereocenters. The van der Waals surface area contributed by atoms with E-state index >= 15 is 0 Å². The standard InChI is InChI=1S/C12H15NO5/c1-7-8(4-5-17-7)6-13-11(14)9-2-3-10(18-9)12(15)16/h2-3,7-8H,4-6H2,1H3,(H,13,14)(H,15,16). The predicted octanol–water partition coefficient (Wildman–Crippen LogP) is 1.13. The number of carbonyl (C=O) groups is 2. The molecular formula is C12H15NO5. The Hall–Kier alpha value is -1.82. The van der Waals surface area contributed by atoms with Gasteiger partial charge in [-0.2, -0.15) is 0 Å². The number of carboxylic acid groups (broad SMARTS) is 1. The lowest BCUT2D eigenvalue weighted by molar-refractivity contribution is 0.0659. The number of rotatable bonds is 4. The number of hydrogen-bond donors (Lipinski definition) is 2. The van der Waals surface area contributed by atoms with Gasteiger partial charge >= 0.3 is 5.97 Å². The van der Waals surface area contributed by atoms with E-state index in [1.807, 2.05) is 6.92 Å². The molecule has 2 heterocycles. The Bertz CT molecular complexity index is 453. The van der Waals surface area contributed by atoms with E-state index in [-0.39, 0.29) is 17.6 Å². The molecule has 0 radical (unpaired) electrons. The summed E-state index contributed by atoms with van der Waals surface area (Å²) in [6, 6.07) is 2.62. The van der Waals surface area contributed by atoms with Gasteiger partial charge in [0.15, 0.2) is 5.76 Å². The van der Waals surface area contributed by atoms with Crippen LogP contribution in [-0.4, -0.2) is 36.2 Å². The summed E-state index contributed by atoms with van der Waals surface area (Å²) in [6.07, 6.45) is 1.05. The number of aromatic carboxylic acids is 1. The fraction of sp³-hybridized carbons (Fsp3) is 0.500. The Morgan fingerprint density at radius 1 is 1.44 bits per heavy atom. The summed E-state index contributed by atoms with van der Waals surface area (Å²) >= 11 is 0. The van der Waals surface area contributed by atoms with Crippen LogP contribution in [0.4, 0.5) is 0 Å². The molecule has 6 heteroatoms. The van der Waals surface area contributed by atoms with Gasteiger partial charge in [-0.25, -0.2) is 4.79 Å². The summed E-state index contributed by atoms with van der Waals surface area (Å²) in [7, 11) is 0. The average molecular weight is 253 g/mol. The molecule has 1 aliphatic heterocycles. The van der Waals surface area contributed by atoms with Crippen molar-refractivity contribution in [1.82, 2.24) is 5.32 Å². The molecule has 18 heavy (non-hydrogen) atoms. The maximum absolute atomic E-state index is 11.7. The van der Waals surface area contributed by atoms with Crippen molar-refractivity contribution in [3.8, 4) is 0 Å². The van der Waals surface area contributed by atoms with Crippen molar-refractivity contribution in [1.29, 1.82) is 0 Å². The van der Waals surface area contributed by atoms with E-state index in [1.165, 1.54) is 12.1 Å². The molecule has 1 fully saturated rings. The molecular weight excluding hydrogens is 238 g/mol. The molecule has 2 N–H and O–H groups in total. The molecule has 2 rings (SSSR count). The molecule has 1 amide bonds. The highest BCUT2D eigenvalue weighted by atomic mass is 16.5. The fourth-order valence-electron chi connectivity index (χ4n) is 1.93. The van der Waals surface area contributed by atoms with Crippen LogP contribution in [-0.2, 0) is 4.74 Å². The van der Waals surface area contributed by atoms with Crippen LogP contribution in [0.15, 0.2) is 16.5 Å². The quantitative estimate of drug-likeness (QED) is 0.839. The summed E-state index contributed by atoms with van der Waals surface area (Å²) in [5.74, 6) is -1.52. The molecule has 1 saturated heterocycles. The first-order valence-electron chi connectivity index (χ1n) is 5.81. The van der Waals surface area contributed by atoms with Crippen LogP contribution < -0.4 is 5.32 Å². The molecule has 98 valence electrons. The minimum Gasteiger partial charge on any atom is -0.475 e. The summed E-state index contributed by atoms with van der Waals surface area (Å²) in [4.78, 5) is 22.3. The topological polar surface area (TPSA) is 88.8 Å². The molecule has 1 aromatic rings. The monoisotopic (exact) mass is 253 g/mol. The van der Waals surface area contributed by atoms with E-state index in [1.54, 1.807) is 0 Å². The van der Waals surface area contributed by atoms with Crippen LogP contribution in [0, 0.1) is 5.92 Å². The highest BCUT2D eigenvalue weighted by Gasteiger charge is 2.25. The van der Waals surface area contributed by atoms with E-state index in [4.69, 9.17) is 14.3 Å². The Morgan fingerprint density at radius 2 is 2.17 bits per heavy atom. The summed E-state index contributed by atoms with van der Waals surface area (Å²) < 4.78 is 10.3. The van der Waals surface area contributed by atoms with E-state index < -0.39 is 11.9 Å². The van der Waals surface area contributed by atoms with Gasteiger partial charge in [0.1, 0.15) is 0 Å². The summed E-state index contributed by atoms with van der Waals surface area (Å²) in [6.45, 7) is 3.19. The maximum atomic E-state index is 11.7. The normalized spacial score (nSPS) is 22.9. The first kappa shape index (κ1) is 12.6. The molecule has 2 atom stereocenters.